The Morgan fingerprint density at radius 2 is 1.73 bits per heavy atom. The molecule has 0 spiro atoms. The number of amides is 1. The molecule has 0 radical (unpaired) electrons. The summed E-state index contributed by atoms with van der Waals surface area (Å²) in [5, 5.41) is 3.25. The van der Waals surface area contributed by atoms with E-state index < -0.39 is 22.5 Å². The van der Waals surface area contributed by atoms with E-state index in [0.29, 0.717) is 27.7 Å². The summed E-state index contributed by atoms with van der Waals surface area (Å²) in [4.78, 5) is 13.1. The number of rotatable bonds is 8. The zero-order valence-corrected chi connectivity index (χ0v) is 20.6. The van der Waals surface area contributed by atoms with E-state index in [1.54, 1.807) is 61.5 Å². The molecule has 0 saturated carbocycles. The predicted molar refractivity (Wildman–Crippen MR) is 133 cm³/mol. The number of anilines is 2. The van der Waals surface area contributed by atoms with Gasteiger partial charge in [-0.3, -0.25) is 9.10 Å². The van der Waals surface area contributed by atoms with E-state index in [1.807, 2.05) is 20.8 Å². The molecule has 174 valence electrons. The first-order valence-corrected chi connectivity index (χ1v) is 12.3. The summed E-state index contributed by atoms with van der Waals surface area (Å²) in [5.74, 6) is 0.127. The fourth-order valence-electron chi connectivity index (χ4n) is 3.29. The molecule has 0 aromatic heterocycles. The van der Waals surface area contributed by atoms with Gasteiger partial charge >= 0.3 is 0 Å². The van der Waals surface area contributed by atoms with Crippen LogP contribution in [-0.2, 0) is 14.8 Å². The first-order chi connectivity index (χ1) is 15.6. The fourth-order valence-corrected chi connectivity index (χ4v) is 5.00. The lowest BCUT2D eigenvalue weighted by molar-refractivity contribution is -0.114. The second-order valence-corrected chi connectivity index (χ2v) is 10.3. The highest BCUT2D eigenvalue weighted by Crippen LogP contribution is 2.29. The van der Waals surface area contributed by atoms with Crippen LogP contribution in [0.1, 0.15) is 25.0 Å². The van der Waals surface area contributed by atoms with Gasteiger partial charge in [0.15, 0.2) is 0 Å². The van der Waals surface area contributed by atoms with Crippen LogP contribution in [0.25, 0.3) is 0 Å². The van der Waals surface area contributed by atoms with Crippen molar-refractivity contribution in [2.24, 2.45) is 0 Å². The standard InChI is InChI=1S/C25H27ClN2O4S/c1-17(2)32-22-7-5-6-21(15-22)27-25(29)16-28(24-13-10-20(26)14-19(24)4)33(30,31)23-11-8-18(3)9-12-23/h5-15,17H,16H2,1-4H3,(H,27,29). The number of ether oxygens (including phenoxy) is 1. The lowest BCUT2D eigenvalue weighted by atomic mass is 10.2. The normalized spacial score (nSPS) is 11.3. The van der Waals surface area contributed by atoms with Gasteiger partial charge in [0.1, 0.15) is 12.3 Å². The number of hydrogen-bond acceptors (Lipinski definition) is 4. The first kappa shape index (κ1) is 24.6. The van der Waals surface area contributed by atoms with Gasteiger partial charge < -0.3 is 10.1 Å². The molecule has 0 bridgehead atoms. The molecule has 0 aliphatic carbocycles. The van der Waals surface area contributed by atoms with Crippen molar-refractivity contribution < 1.29 is 17.9 Å². The van der Waals surface area contributed by atoms with Gasteiger partial charge in [-0.25, -0.2) is 8.42 Å². The lowest BCUT2D eigenvalue weighted by Gasteiger charge is -2.26. The molecule has 1 amide bonds. The topological polar surface area (TPSA) is 75.7 Å². The lowest BCUT2D eigenvalue weighted by Crippen LogP contribution is -2.38. The summed E-state index contributed by atoms with van der Waals surface area (Å²) in [6.07, 6.45) is -0.0148. The summed E-state index contributed by atoms with van der Waals surface area (Å²) in [6.45, 7) is 7.04. The van der Waals surface area contributed by atoms with E-state index in [-0.39, 0.29) is 11.0 Å². The van der Waals surface area contributed by atoms with Crippen LogP contribution in [0.2, 0.25) is 5.02 Å². The number of hydrogen-bond donors (Lipinski definition) is 1. The number of benzene rings is 3. The van der Waals surface area contributed by atoms with Crippen molar-refractivity contribution in [3.05, 3.63) is 82.9 Å². The number of carbonyl (C=O) groups is 1. The Morgan fingerprint density at radius 3 is 2.36 bits per heavy atom. The van der Waals surface area contributed by atoms with Crippen molar-refractivity contribution in [1.82, 2.24) is 0 Å². The number of nitrogens with zero attached hydrogens (tertiary/aromatic N) is 1. The molecular formula is C25H27ClN2O4S. The molecule has 0 aliphatic heterocycles. The minimum Gasteiger partial charge on any atom is -0.491 e. The minimum absolute atomic E-state index is 0.0148. The highest BCUT2D eigenvalue weighted by Gasteiger charge is 2.28. The van der Waals surface area contributed by atoms with E-state index in [0.717, 1.165) is 9.87 Å². The molecule has 1 N–H and O–H groups in total. The Morgan fingerprint density at radius 1 is 1.03 bits per heavy atom. The maximum Gasteiger partial charge on any atom is 0.264 e. The van der Waals surface area contributed by atoms with Crippen LogP contribution >= 0.6 is 11.6 Å². The average molecular weight is 487 g/mol. The Labute approximate surface area is 200 Å². The largest absolute Gasteiger partial charge is 0.491 e. The highest BCUT2D eigenvalue weighted by molar-refractivity contribution is 7.92. The number of aryl methyl sites for hydroxylation is 2. The van der Waals surface area contributed by atoms with Gasteiger partial charge in [-0.1, -0.05) is 35.4 Å². The third kappa shape index (κ3) is 6.27. The van der Waals surface area contributed by atoms with Crippen molar-refractivity contribution in [1.29, 1.82) is 0 Å². The number of halogens is 1. The second kappa shape index (κ2) is 10.3. The summed E-state index contributed by atoms with van der Waals surface area (Å²) < 4.78 is 33.8. The first-order valence-electron chi connectivity index (χ1n) is 10.5. The van der Waals surface area contributed by atoms with Crippen LogP contribution in [0.5, 0.6) is 5.75 Å². The van der Waals surface area contributed by atoms with Gasteiger partial charge in [-0.05, 0) is 75.7 Å². The van der Waals surface area contributed by atoms with Crippen molar-refractivity contribution in [2.45, 2.75) is 38.7 Å². The van der Waals surface area contributed by atoms with Crippen LogP contribution in [0.3, 0.4) is 0 Å². The zero-order chi connectivity index (χ0) is 24.2. The maximum absolute atomic E-state index is 13.5. The molecule has 3 aromatic rings. The summed E-state index contributed by atoms with van der Waals surface area (Å²) in [7, 11) is -4.01. The fraction of sp³-hybridized carbons (Fsp3) is 0.240. The predicted octanol–water partition coefficient (Wildman–Crippen LogP) is 5.58. The second-order valence-electron chi connectivity index (χ2n) is 8.00. The summed E-state index contributed by atoms with van der Waals surface area (Å²) in [6, 6.07) is 18.4. The molecular weight excluding hydrogens is 460 g/mol. The van der Waals surface area contributed by atoms with Gasteiger partial charge in [-0.15, -0.1) is 0 Å². The van der Waals surface area contributed by atoms with Crippen LogP contribution in [0.4, 0.5) is 11.4 Å². The Kier molecular flexibility index (Phi) is 7.66. The van der Waals surface area contributed by atoms with Crippen LogP contribution in [-0.4, -0.2) is 27.0 Å². The van der Waals surface area contributed by atoms with Crippen LogP contribution in [0.15, 0.2) is 71.6 Å². The van der Waals surface area contributed by atoms with E-state index >= 15 is 0 Å². The van der Waals surface area contributed by atoms with E-state index in [9.17, 15) is 13.2 Å². The van der Waals surface area contributed by atoms with E-state index in [2.05, 4.69) is 5.32 Å². The smallest absolute Gasteiger partial charge is 0.264 e. The quantitative estimate of drug-likeness (QED) is 0.451. The van der Waals surface area contributed by atoms with Gasteiger partial charge in [0.05, 0.1) is 16.7 Å². The third-order valence-corrected chi connectivity index (χ3v) is 6.82. The molecule has 3 rings (SSSR count). The van der Waals surface area contributed by atoms with Gasteiger partial charge in [-0.2, -0.15) is 0 Å². The average Bonchev–Trinajstić information content (AvgIpc) is 2.72. The Balaban J connectivity index is 1.93. The minimum atomic E-state index is -4.01. The van der Waals surface area contributed by atoms with Crippen molar-refractivity contribution >= 4 is 38.9 Å². The molecule has 0 unspecified atom stereocenters. The molecule has 6 nitrogen and oxygen atoms in total. The summed E-state index contributed by atoms with van der Waals surface area (Å²) in [5.41, 5.74) is 2.47. The van der Waals surface area contributed by atoms with Crippen molar-refractivity contribution in [3.63, 3.8) is 0 Å². The number of nitrogens with one attached hydrogen (secondary N) is 1. The third-order valence-electron chi connectivity index (χ3n) is 4.81. The van der Waals surface area contributed by atoms with E-state index in [1.165, 1.54) is 12.1 Å². The Bertz CT molecular complexity index is 1240. The van der Waals surface area contributed by atoms with Gasteiger partial charge in [0, 0.05) is 16.8 Å². The SMILES string of the molecule is Cc1ccc(S(=O)(=O)N(CC(=O)Nc2cccc(OC(C)C)c2)c2ccc(Cl)cc2C)cc1. The van der Waals surface area contributed by atoms with Gasteiger partial charge in [0.2, 0.25) is 5.91 Å². The molecule has 3 aromatic carbocycles. The van der Waals surface area contributed by atoms with Gasteiger partial charge in [0.25, 0.3) is 10.0 Å². The van der Waals surface area contributed by atoms with Crippen molar-refractivity contribution in [2.75, 3.05) is 16.2 Å². The summed E-state index contributed by atoms with van der Waals surface area (Å²) >= 11 is 6.07. The molecule has 33 heavy (non-hydrogen) atoms. The van der Waals surface area contributed by atoms with E-state index in [4.69, 9.17) is 16.3 Å². The molecule has 0 saturated heterocycles. The van der Waals surface area contributed by atoms with Crippen molar-refractivity contribution in [3.8, 4) is 5.75 Å². The monoisotopic (exact) mass is 486 g/mol. The molecule has 0 heterocycles. The Hall–Kier alpha value is -3.03. The highest BCUT2D eigenvalue weighted by atomic mass is 35.5. The zero-order valence-electron chi connectivity index (χ0n) is 19.0. The van der Waals surface area contributed by atoms with Crippen LogP contribution in [0, 0.1) is 13.8 Å². The molecule has 0 atom stereocenters. The van der Waals surface area contributed by atoms with Crippen LogP contribution < -0.4 is 14.4 Å². The molecule has 0 fully saturated rings. The molecule has 8 heteroatoms. The number of sulfonamides is 1. The molecule has 0 aliphatic rings. The maximum atomic E-state index is 13.5. The number of carbonyl (C=O) groups excluding carboxylic acids is 1.